The van der Waals surface area contributed by atoms with Crippen molar-refractivity contribution in [3.8, 4) is 0 Å². The standard InChI is InChI=1S/C14H19ClFNO/c1-14(6-2-3-7-18-14)13(17)8-10-4-5-11(16)9-12(10)15/h4-5,9,13H,2-3,6-8,17H2,1H3. The third-order valence-electron chi connectivity index (χ3n) is 3.74. The van der Waals surface area contributed by atoms with Crippen LogP contribution >= 0.6 is 11.6 Å². The topological polar surface area (TPSA) is 35.2 Å². The molecule has 1 aliphatic rings. The monoisotopic (exact) mass is 271 g/mol. The molecule has 2 atom stereocenters. The van der Waals surface area contributed by atoms with E-state index in [-0.39, 0.29) is 17.5 Å². The van der Waals surface area contributed by atoms with Crippen molar-refractivity contribution >= 4 is 11.6 Å². The Labute approximate surface area is 112 Å². The second-order valence-electron chi connectivity index (χ2n) is 5.16. The van der Waals surface area contributed by atoms with E-state index in [0.29, 0.717) is 11.4 Å². The highest BCUT2D eigenvalue weighted by molar-refractivity contribution is 6.31. The van der Waals surface area contributed by atoms with Crippen molar-refractivity contribution in [3.63, 3.8) is 0 Å². The van der Waals surface area contributed by atoms with Gasteiger partial charge in [-0.15, -0.1) is 0 Å². The van der Waals surface area contributed by atoms with Crippen LogP contribution in [-0.2, 0) is 11.2 Å². The first kappa shape index (κ1) is 13.8. The van der Waals surface area contributed by atoms with E-state index in [0.717, 1.165) is 31.4 Å². The van der Waals surface area contributed by atoms with Gasteiger partial charge >= 0.3 is 0 Å². The maximum atomic E-state index is 13.0. The van der Waals surface area contributed by atoms with Crippen LogP contribution in [0.4, 0.5) is 4.39 Å². The summed E-state index contributed by atoms with van der Waals surface area (Å²) in [5.74, 6) is -0.322. The number of halogens is 2. The molecule has 0 aliphatic carbocycles. The van der Waals surface area contributed by atoms with Crippen LogP contribution in [0.5, 0.6) is 0 Å². The highest BCUT2D eigenvalue weighted by Gasteiger charge is 2.34. The first-order chi connectivity index (χ1) is 8.51. The Hall–Kier alpha value is -0.640. The first-order valence-electron chi connectivity index (χ1n) is 6.35. The highest BCUT2D eigenvalue weighted by atomic mass is 35.5. The second-order valence-corrected chi connectivity index (χ2v) is 5.57. The van der Waals surface area contributed by atoms with Crippen LogP contribution in [-0.4, -0.2) is 18.2 Å². The summed E-state index contributed by atoms with van der Waals surface area (Å²) in [4.78, 5) is 0. The number of nitrogens with two attached hydrogens (primary N) is 1. The number of hydrogen-bond acceptors (Lipinski definition) is 2. The maximum absolute atomic E-state index is 13.0. The fourth-order valence-corrected chi connectivity index (χ4v) is 2.63. The van der Waals surface area contributed by atoms with Crippen LogP contribution < -0.4 is 5.73 Å². The Balaban J connectivity index is 2.08. The average molecular weight is 272 g/mol. The summed E-state index contributed by atoms with van der Waals surface area (Å²) in [6.07, 6.45) is 3.81. The molecule has 2 N–H and O–H groups in total. The van der Waals surface area contributed by atoms with E-state index in [1.165, 1.54) is 12.1 Å². The van der Waals surface area contributed by atoms with E-state index in [1.807, 2.05) is 6.92 Å². The van der Waals surface area contributed by atoms with Crippen molar-refractivity contribution in [2.75, 3.05) is 6.61 Å². The first-order valence-corrected chi connectivity index (χ1v) is 6.72. The van der Waals surface area contributed by atoms with Crippen LogP contribution in [0.15, 0.2) is 18.2 Å². The number of benzene rings is 1. The zero-order valence-electron chi connectivity index (χ0n) is 10.6. The van der Waals surface area contributed by atoms with Crippen molar-refractivity contribution < 1.29 is 9.13 Å². The zero-order chi connectivity index (χ0) is 13.2. The summed E-state index contributed by atoms with van der Waals surface area (Å²) in [5, 5.41) is 0.435. The Morgan fingerprint density at radius 3 is 2.89 bits per heavy atom. The smallest absolute Gasteiger partial charge is 0.124 e. The molecule has 4 heteroatoms. The van der Waals surface area contributed by atoms with Gasteiger partial charge in [-0.25, -0.2) is 4.39 Å². The van der Waals surface area contributed by atoms with Crippen molar-refractivity contribution in [3.05, 3.63) is 34.6 Å². The molecule has 1 fully saturated rings. The van der Waals surface area contributed by atoms with E-state index in [1.54, 1.807) is 6.07 Å². The van der Waals surface area contributed by atoms with Crippen molar-refractivity contribution in [2.24, 2.45) is 5.73 Å². The summed E-state index contributed by atoms with van der Waals surface area (Å²) >= 11 is 6.02. The van der Waals surface area contributed by atoms with E-state index in [2.05, 4.69) is 0 Å². The van der Waals surface area contributed by atoms with Gasteiger partial charge in [0.15, 0.2) is 0 Å². The molecule has 1 aromatic rings. The van der Waals surface area contributed by atoms with Gasteiger partial charge in [0.1, 0.15) is 5.82 Å². The van der Waals surface area contributed by atoms with Crippen molar-refractivity contribution in [2.45, 2.75) is 44.2 Å². The van der Waals surface area contributed by atoms with Gasteiger partial charge in [-0.05, 0) is 50.3 Å². The molecule has 0 aromatic heterocycles. The van der Waals surface area contributed by atoms with Gasteiger partial charge in [-0.3, -0.25) is 0 Å². The minimum Gasteiger partial charge on any atom is -0.374 e. The molecule has 2 unspecified atom stereocenters. The summed E-state index contributed by atoms with van der Waals surface area (Å²) in [6.45, 7) is 2.82. The normalized spacial score (nSPS) is 26.0. The van der Waals surface area contributed by atoms with E-state index >= 15 is 0 Å². The second kappa shape index (κ2) is 5.55. The van der Waals surface area contributed by atoms with Crippen molar-refractivity contribution in [1.29, 1.82) is 0 Å². The average Bonchev–Trinajstić information content (AvgIpc) is 2.33. The molecule has 2 rings (SSSR count). The molecule has 1 aliphatic heterocycles. The molecule has 18 heavy (non-hydrogen) atoms. The molecule has 0 bridgehead atoms. The van der Waals surface area contributed by atoms with Crippen LogP contribution in [0.25, 0.3) is 0 Å². The van der Waals surface area contributed by atoms with Crippen molar-refractivity contribution in [1.82, 2.24) is 0 Å². The predicted molar refractivity (Wildman–Crippen MR) is 71.3 cm³/mol. The minimum absolute atomic E-state index is 0.124. The van der Waals surface area contributed by atoms with Crippen LogP contribution in [0.2, 0.25) is 5.02 Å². The summed E-state index contributed by atoms with van der Waals surface area (Å²) in [5.41, 5.74) is 6.82. The number of rotatable bonds is 3. The molecule has 0 spiro atoms. The lowest BCUT2D eigenvalue weighted by Gasteiger charge is -2.39. The fourth-order valence-electron chi connectivity index (χ4n) is 2.39. The van der Waals surface area contributed by atoms with Gasteiger partial charge in [0.25, 0.3) is 0 Å². The molecule has 1 aromatic carbocycles. The lowest BCUT2D eigenvalue weighted by molar-refractivity contribution is -0.0808. The Bertz CT molecular complexity index is 418. The Kier molecular flexibility index (Phi) is 4.25. The van der Waals surface area contributed by atoms with Gasteiger partial charge in [0, 0.05) is 17.7 Å². The SMILES string of the molecule is CC1(C(N)Cc2ccc(F)cc2Cl)CCCCO1. The number of hydrogen-bond donors (Lipinski definition) is 1. The van der Waals surface area contributed by atoms with Gasteiger partial charge in [0.2, 0.25) is 0 Å². The molecule has 1 heterocycles. The summed E-state index contributed by atoms with van der Waals surface area (Å²) < 4.78 is 18.8. The summed E-state index contributed by atoms with van der Waals surface area (Å²) in [6, 6.07) is 4.32. The Morgan fingerprint density at radius 1 is 1.50 bits per heavy atom. The maximum Gasteiger partial charge on any atom is 0.124 e. The van der Waals surface area contributed by atoms with E-state index in [4.69, 9.17) is 22.1 Å². The predicted octanol–water partition coefficient (Wildman–Crippen LogP) is 3.31. The molecule has 0 saturated carbocycles. The summed E-state index contributed by atoms with van der Waals surface area (Å²) in [7, 11) is 0. The largest absolute Gasteiger partial charge is 0.374 e. The molecule has 0 radical (unpaired) electrons. The molecule has 2 nitrogen and oxygen atoms in total. The lowest BCUT2D eigenvalue weighted by atomic mass is 9.85. The third-order valence-corrected chi connectivity index (χ3v) is 4.09. The van der Waals surface area contributed by atoms with Gasteiger partial charge in [-0.2, -0.15) is 0 Å². The quantitative estimate of drug-likeness (QED) is 0.915. The molecular weight excluding hydrogens is 253 g/mol. The Morgan fingerprint density at radius 2 is 2.28 bits per heavy atom. The van der Waals surface area contributed by atoms with Gasteiger partial charge < -0.3 is 10.5 Å². The highest BCUT2D eigenvalue weighted by Crippen LogP contribution is 2.29. The van der Waals surface area contributed by atoms with E-state index < -0.39 is 0 Å². The van der Waals surface area contributed by atoms with Crippen LogP contribution in [0, 0.1) is 5.82 Å². The third kappa shape index (κ3) is 3.02. The van der Waals surface area contributed by atoms with E-state index in [9.17, 15) is 4.39 Å². The molecule has 1 saturated heterocycles. The molecule has 0 amide bonds. The number of ether oxygens (including phenoxy) is 1. The lowest BCUT2D eigenvalue weighted by Crippen LogP contribution is -2.50. The van der Waals surface area contributed by atoms with Gasteiger partial charge in [0.05, 0.1) is 5.60 Å². The van der Waals surface area contributed by atoms with Crippen LogP contribution in [0.1, 0.15) is 31.7 Å². The minimum atomic E-state index is -0.322. The van der Waals surface area contributed by atoms with Crippen LogP contribution in [0.3, 0.4) is 0 Å². The van der Waals surface area contributed by atoms with Gasteiger partial charge in [-0.1, -0.05) is 17.7 Å². The molecular formula is C14H19ClFNO. The zero-order valence-corrected chi connectivity index (χ0v) is 11.3. The fraction of sp³-hybridized carbons (Fsp3) is 0.571. The molecule has 100 valence electrons.